The molecule has 0 fully saturated rings. The lowest BCUT2D eigenvalue weighted by atomic mass is 10.2. The fourth-order valence-electron chi connectivity index (χ4n) is 2.16. The minimum absolute atomic E-state index is 0.162. The molecule has 0 aliphatic heterocycles. The van der Waals surface area contributed by atoms with Crippen LogP contribution in [0.5, 0.6) is 0 Å². The number of nitrogens with zero attached hydrogens (tertiary/aromatic N) is 1. The number of benzene rings is 2. The molecule has 1 aromatic heterocycles. The summed E-state index contributed by atoms with van der Waals surface area (Å²) >= 11 is 9.34. The predicted octanol–water partition coefficient (Wildman–Crippen LogP) is 5.24. The third-order valence-corrected chi connectivity index (χ3v) is 4.08. The molecule has 1 heterocycles. The van der Waals surface area contributed by atoms with Crippen molar-refractivity contribution >= 4 is 38.4 Å². The topological polar surface area (TPSA) is 4.93 Å². The van der Waals surface area contributed by atoms with Gasteiger partial charge in [0, 0.05) is 28.1 Å². The van der Waals surface area contributed by atoms with Crippen LogP contribution >= 0.6 is 27.5 Å². The number of rotatable bonds is 2. The Hall–Kier alpha value is -1.32. The van der Waals surface area contributed by atoms with Gasteiger partial charge in [-0.1, -0.05) is 39.7 Å². The zero-order chi connectivity index (χ0) is 13.4. The van der Waals surface area contributed by atoms with Crippen LogP contribution in [0, 0.1) is 5.82 Å². The van der Waals surface area contributed by atoms with E-state index < -0.39 is 0 Å². The predicted molar refractivity (Wildman–Crippen MR) is 80.2 cm³/mol. The number of fused-ring (bicyclic) bond motifs is 1. The summed E-state index contributed by atoms with van der Waals surface area (Å²) in [5, 5.41) is 1.32. The summed E-state index contributed by atoms with van der Waals surface area (Å²) in [5.41, 5.74) is 2.11. The molecule has 0 radical (unpaired) electrons. The van der Waals surface area contributed by atoms with Crippen molar-refractivity contribution < 1.29 is 4.39 Å². The molecule has 0 bridgehead atoms. The Morgan fingerprint density at radius 1 is 1.16 bits per heavy atom. The highest BCUT2D eigenvalue weighted by Gasteiger charge is 2.06. The largest absolute Gasteiger partial charge is 0.343 e. The molecule has 2 aromatic carbocycles. The Morgan fingerprint density at radius 2 is 2.00 bits per heavy atom. The summed E-state index contributed by atoms with van der Waals surface area (Å²) in [5.74, 6) is -0.384. The van der Waals surface area contributed by atoms with Gasteiger partial charge in [0.25, 0.3) is 0 Å². The minimum atomic E-state index is -0.384. The molecule has 0 spiro atoms. The first-order valence-corrected chi connectivity index (χ1v) is 6.99. The molecule has 1 nitrogen and oxygen atoms in total. The second-order valence-electron chi connectivity index (χ2n) is 4.36. The molecule has 0 atom stereocenters. The lowest BCUT2D eigenvalue weighted by molar-refractivity contribution is 0.627. The van der Waals surface area contributed by atoms with Crippen molar-refractivity contribution in [3.8, 4) is 0 Å². The first-order valence-electron chi connectivity index (χ1n) is 5.82. The average molecular weight is 339 g/mol. The maximum Gasteiger partial charge on any atom is 0.141 e. The molecule has 4 heteroatoms. The van der Waals surface area contributed by atoms with Crippen molar-refractivity contribution in [3.05, 3.63) is 69.5 Å². The quantitative estimate of drug-likeness (QED) is 0.602. The van der Waals surface area contributed by atoms with Crippen LogP contribution in [0.1, 0.15) is 5.56 Å². The SMILES string of the molecule is Fc1ccc(Cn2ccc3c(Br)cccc32)cc1Cl. The third-order valence-electron chi connectivity index (χ3n) is 3.10. The molecular weight excluding hydrogens is 329 g/mol. The van der Waals surface area contributed by atoms with Crippen molar-refractivity contribution in [1.82, 2.24) is 4.57 Å². The highest BCUT2D eigenvalue weighted by molar-refractivity contribution is 9.10. The van der Waals surface area contributed by atoms with Crippen molar-refractivity contribution in [3.63, 3.8) is 0 Å². The summed E-state index contributed by atoms with van der Waals surface area (Å²) in [6, 6.07) is 13.0. The zero-order valence-corrected chi connectivity index (χ0v) is 12.2. The lowest BCUT2D eigenvalue weighted by Crippen LogP contribution is -1.98. The van der Waals surface area contributed by atoms with Crippen LogP contribution in [-0.2, 0) is 6.54 Å². The van der Waals surface area contributed by atoms with Gasteiger partial charge in [-0.2, -0.15) is 0 Å². The fourth-order valence-corrected chi connectivity index (χ4v) is 2.85. The second kappa shape index (κ2) is 4.99. The summed E-state index contributed by atoms with van der Waals surface area (Å²) in [6.45, 7) is 0.667. The molecule has 0 unspecified atom stereocenters. The average Bonchev–Trinajstić information content (AvgIpc) is 2.79. The molecular formula is C15H10BrClFN. The van der Waals surface area contributed by atoms with Crippen LogP contribution in [0.15, 0.2) is 53.1 Å². The van der Waals surface area contributed by atoms with E-state index in [9.17, 15) is 4.39 Å². The first kappa shape index (κ1) is 12.7. The number of halogens is 3. The fraction of sp³-hybridized carbons (Fsp3) is 0.0667. The number of hydrogen-bond donors (Lipinski definition) is 0. The maximum atomic E-state index is 13.1. The van der Waals surface area contributed by atoms with Gasteiger partial charge in [-0.05, 0) is 35.9 Å². The van der Waals surface area contributed by atoms with E-state index in [0.29, 0.717) is 6.54 Å². The van der Waals surface area contributed by atoms with E-state index >= 15 is 0 Å². The van der Waals surface area contributed by atoms with Gasteiger partial charge in [-0.15, -0.1) is 0 Å². The molecule has 3 rings (SSSR count). The van der Waals surface area contributed by atoms with Gasteiger partial charge in [0.05, 0.1) is 5.02 Å². The Kier molecular flexibility index (Phi) is 3.33. The van der Waals surface area contributed by atoms with E-state index in [1.54, 1.807) is 12.1 Å². The summed E-state index contributed by atoms with van der Waals surface area (Å²) in [4.78, 5) is 0. The van der Waals surface area contributed by atoms with Crippen LogP contribution in [0.3, 0.4) is 0 Å². The van der Waals surface area contributed by atoms with Crippen LogP contribution < -0.4 is 0 Å². The molecule has 0 aliphatic carbocycles. The van der Waals surface area contributed by atoms with E-state index in [2.05, 4.69) is 32.6 Å². The lowest BCUT2D eigenvalue weighted by Gasteiger charge is -2.07. The van der Waals surface area contributed by atoms with Crippen molar-refractivity contribution in [2.45, 2.75) is 6.54 Å². The van der Waals surface area contributed by atoms with Gasteiger partial charge in [-0.3, -0.25) is 0 Å². The van der Waals surface area contributed by atoms with Gasteiger partial charge in [0.2, 0.25) is 0 Å². The molecule has 0 amide bonds. The Labute approximate surface area is 123 Å². The molecule has 19 heavy (non-hydrogen) atoms. The van der Waals surface area contributed by atoms with Crippen LogP contribution in [0.4, 0.5) is 4.39 Å². The molecule has 0 aliphatic rings. The number of hydrogen-bond acceptors (Lipinski definition) is 0. The van der Waals surface area contributed by atoms with Crippen molar-refractivity contribution in [1.29, 1.82) is 0 Å². The van der Waals surface area contributed by atoms with Gasteiger partial charge >= 0.3 is 0 Å². The Balaban J connectivity index is 2.01. The van der Waals surface area contributed by atoms with Gasteiger partial charge in [0.15, 0.2) is 0 Å². The van der Waals surface area contributed by atoms with Crippen molar-refractivity contribution in [2.24, 2.45) is 0 Å². The van der Waals surface area contributed by atoms with Crippen LogP contribution in [-0.4, -0.2) is 4.57 Å². The Morgan fingerprint density at radius 3 is 2.79 bits per heavy atom. The molecule has 0 N–H and O–H groups in total. The van der Waals surface area contributed by atoms with E-state index in [1.807, 2.05) is 18.3 Å². The summed E-state index contributed by atoms with van der Waals surface area (Å²) < 4.78 is 16.3. The minimum Gasteiger partial charge on any atom is -0.343 e. The van der Waals surface area contributed by atoms with Crippen LogP contribution in [0.2, 0.25) is 5.02 Å². The summed E-state index contributed by atoms with van der Waals surface area (Å²) in [6.07, 6.45) is 2.02. The number of aromatic nitrogens is 1. The summed E-state index contributed by atoms with van der Waals surface area (Å²) in [7, 11) is 0. The van der Waals surface area contributed by atoms with Gasteiger partial charge < -0.3 is 4.57 Å². The maximum absolute atomic E-state index is 13.1. The molecule has 0 saturated heterocycles. The van der Waals surface area contributed by atoms with Gasteiger partial charge in [-0.25, -0.2) is 4.39 Å². The van der Waals surface area contributed by atoms with E-state index in [0.717, 1.165) is 20.9 Å². The van der Waals surface area contributed by atoms with Crippen molar-refractivity contribution in [2.75, 3.05) is 0 Å². The van der Waals surface area contributed by atoms with Gasteiger partial charge in [0.1, 0.15) is 5.82 Å². The highest BCUT2D eigenvalue weighted by atomic mass is 79.9. The monoisotopic (exact) mass is 337 g/mol. The Bertz CT molecular complexity index is 751. The molecule has 3 aromatic rings. The molecule has 0 saturated carbocycles. The highest BCUT2D eigenvalue weighted by Crippen LogP contribution is 2.25. The second-order valence-corrected chi connectivity index (χ2v) is 5.63. The van der Waals surface area contributed by atoms with E-state index in [-0.39, 0.29) is 10.8 Å². The smallest absolute Gasteiger partial charge is 0.141 e. The normalized spacial score (nSPS) is 11.1. The third kappa shape index (κ3) is 2.40. The zero-order valence-electron chi connectivity index (χ0n) is 9.91. The van der Waals surface area contributed by atoms with E-state index in [1.165, 1.54) is 6.07 Å². The molecule has 96 valence electrons. The first-order chi connectivity index (χ1) is 9.15. The van der Waals surface area contributed by atoms with E-state index in [4.69, 9.17) is 11.6 Å². The van der Waals surface area contributed by atoms with Crippen LogP contribution in [0.25, 0.3) is 10.9 Å². The standard InChI is InChI=1S/C15H10BrClFN/c16-12-2-1-3-15-11(12)6-7-19(15)9-10-4-5-14(18)13(17)8-10/h1-8H,9H2.